The zero-order valence-electron chi connectivity index (χ0n) is 16.2. The average Bonchev–Trinajstić information content (AvgIpc) is 3.14. The van der Waals surface area contributed by atoms with Crippen LogP contribution in [0.2, 0.25) is 0 Å². The number of rotatable bonds is 4. The molecule has 9 heteroatoms. The summed E-state index contributed by atoms with van der Waals surface area (Å²) in [6.45, 7) is 2.83. The van der Waals surface area contributed by atoms with Crippen molar-refractivity contribution in [1.29, 1.82) is 0 Å². The van der Waals surface area contributed by atoms with E-state index in [0.29, 0.717) is 39.1 Å². The van der Waals surface area contributed by atoms with E-state index in [0.717, 1.165) is 15.8 Å². The van der Waals surface area contributed by atoms with Gasteiger partial charge in [0.05, 0.1) is 4.92 Å². The highest BCUT2D eigenvalue weighted by atomic mass is 79.9. The highest BCUT2D eigenvalue weighted by Gasteiger charge is 2.40. The minimum absolute atomic E-state index is 0.0577. The van der Waals surface area contributed by atoms with E-state index in [2.05, 4.69) is 20.8 Å². The summed E-state index contributed by atoms with van der Waals surface area (Å²) in [4.78, 5) is 41.8. The number of anilines is 2. The number of benzene rings is 2. The highest BCUT2D eigenvalue weighted by Crippen LogP contribution is 2.29. The zero-order chi connectivity index (χ0) is 21.3. The van der Waals surface area contributed by atoms with Crippen molar-refractivity contribution in [2.75, 3.05) is 42.5 Å². The fourth-order valence-corrected chi connectivity index (χ4v) is 4.39. The smallest absolute Gasteiger partial charge is 0.269 e. The van der Waals surface area contributed by atoms with Gasteiger partial charge < -0.3 is 14.7 Å². The van der Waals surface area contributed by atoms with Crippen molar-refractivity contribution in [3.8, 4) is 0 Å². The van der Waals surface area contributed by atoms with Gasteiger partial charge in [-0.25, -0.2) is 0 Å². The van der Waals surface area contributed by atoms with Crippen molar-refractivity contribution in [3.05, 3.63) is 63.1 Å². The average molecular weight is 473 g/mol. The van der Waals surface area contributed by atoms with Gasteiger partial charge in [0.15, 0.2) is 0 Å². The molecule has 0 aromatic heterocycles. The van der Waals surface area contributed by atoms with Gasteiger partial charge in [-0.3, -0.25) is 19.7 Å². The van der Waals surface area contributed by atoms with Gasteiger partial charge in [0, 0.05) is 60.7 Å². The Hall–Kier alpha value is -2.94. The minimum atomic E-state index is -0.630. The molecule has 2 saturated heterocycles. The predicted molar refractivity (Wildman–Crippen MR) is 116 cm³/mol. The third-order valence-electron chi connectivity index (χ3n) is 5.64. The summed E-state index contributed by atoms with van der Waals surface area (Å²) in [6.07, 6.45) is 0.521. The molecule has 0 radical (unpaired) electrons. The summed E-state index contributed by atoms with van der Waals surface area (Å²) in [5.41, 5.74) is 1.75. The van der Waals surface area contributed by atoms with Crippen LogP contribution in [0.15, 0.2) is 53.0 Å². The van der Waals surface area contributed by atoms with Crippen molar-refractivity contribution in [1.82, 2.24) is 4.90 Å². The molecule has 0 bridgehead atoms. The second-order valence-corrected chi connectivity index (χ2v) is 8.31. The Morgan fingerprint density at radius 3 is 2.33 bits per heavy atom. The predicted octanol–water partition coefficient (Wildman–Crippen LogP) is 3.06. The Balaban J connectivity index is 1.36. The van der Waals surface area contributed by atoms with Crippen molar-refractivity contribution in [2.24, 2.45) is 5.92 Å². The number of piperazine rings is 1. The van der Waals surface area contributed by atoms with E-state index < -0.39 is 10.8 Å². The van der Waals surface area contributed by atoms with E-state index in [1.54, 1.807) is 21.9 Å². The monoisotopic (exact) mass is 472 g/mol. The zero-order valence-corrected chi connectivity index (χ0v) is 17.8. The molecule has 2 aliphatic heterocycles. The summed E-state index contributed by atoms with van der Waals surface area (Å²) in [5.74, 6) is -0.883. The first-order valence-electron chi connectivity index (χ1n) is 9.79. The van der Waals surface area contributed by atoms with Crippen LogP contribution >= 0.6 is 15.9 Å². The van der Waals surface area contributed by atoms with Crippen molar-refractivity contribution in [2.45, 2.75) is 6.42 Å². The van der Waals surface area contributed by atoms with Gasteiger partial charge in [0.25, 0.3) is 5.69 Å². The summed E-state index contributed by atoms with van der Waals surface area (Å²) in [7, 11) is 0. The minimum Gasteiger partial charge on any atom is -0.368 e. The van der Waals surface area contributed by atoms with E-state index in [1.807, 2.05) is 24.3 Å². The second-order valence-electron chi connectivity index (χ2n) is 7.40. The molecule has 0 saturated carbocycles. The lowest BCUT2D eigenvalue weighted by molar-refractivity contribution is -0.384. The van der Waals surface area contributed by atoms with E-state index in [1.165, 1.54) is 12.1 Å². The van der Waals surface area contributed by atoms with Crippen LogP contribution in [0.3, 0.4) is 0 Å². The molecule has 2 fully saturated rings. The number of carbonyl (C=O) groups is 2. The Morgan fingerprint density at radius 2 is 1.70 bits per heavy atom. The van der Waals surface area contributed by atoms with E-state index >= 15 is 0 Å². The van der Waals surface area contributed by atoms with Crippen LogP contribution < -0.4 is 9.80 Å². The van der Waals surface area contributed by atoms with Gasteiger partial charge >= 0.3 is 0 Å². The van der Waals surface area contributed by atoms with E-state index in [9.17, 15) is 19.7 Å². The molecule has 4 rings (SSSR count). The molecule has 1 atom stereocenters. The van der Waals surface area contributed by atoms with Crippen LogP contribution in [-0.4, -0.2) is 54.4 Å². The number of non-ortho nitro benzene ring substituents is 1. The molecule has 0 aliphatic carbocycles. The van der Waals surface area contributed by atoms with Crippen molar-refractivity contribution in [3.63, 3.8) is 0 Å². The normalized spacial score (nSPS) is 19.3. The Labute approximate surface area is 182 Å². The quantitative estimate of drug-likeness (QED) is 0.387. The molecule has 1 unspecified atom stereocenters. The number of nitrogens with zero attached hydrogens (tertiary/aromatic N) is 4. The molecule has 156 valence electrons. The lowest BCUT2D eigenvalue weighted by atomic mass is 10.1. The van der Waals surface area contributed by atoms with Gasteiger partial charge in [0.2, 0.25) is 11.8 Å². The van der Waals surface area contributed by atoms with Crippen LogP contribution in [-0.2, 0) is 9.59 Å². The fourth-order valence-electron chi connectivity index (χ4n) is 4.00. The molecule has 2 aliphatic rings. The number of carbonyl (C=O) groups excluding carboxylic acids is 2. The summed E-state index contributed by atoms with van der Waals surface area (Å²) < 4.78 is 0.893. The molecule has 2 heterocycles. The molecular formula is C21H21BrN4O4. The maximum Gasteiger partial charge on any atom is 0.269 e. The van der Waals surface area contributed by atoms with E-state index in [4.69, 9.17) is 0 Å². The first-order chi connectivity index (χ1) is 14.4. The van der Waals surface area contributed by atoms with Gasteiger partial charge in [0.1, 0.15) is 5.92 Å². The van der Waals surface area contributed by atoms with Crippen LogP contribution in [0, 0.1) is 16.0 Å². The largest absolute Gasteiger partial charge is 0.368 e. The Morgan fingerprint density at radius 1 is 1.00 bits per heavy atom. The Bertz CT molecular complexity index is 973. The molecular weight excluding hydrogens is 452 g/mol. The lowest BCUT2D eigenvalue weighted by Crippen LogP contribution is -2.51. The number of nitro groups is 1. The molecule has 2 aromatic carbocycles. The fraction of sp³-hybridized carbons (Fsp3) is 0.333. The van der Waals surface area contributed by atoms with Crippen LogP contribution in [0.25, 0.3) is 0 Å². The molecule has 2 aromatic rings. The number of nitro benzene ring substituents is 1. The van der Waals surface area contributed by atoms with Gasteiger partial charge in [-0.2, -0.15) is 0 Å². The summed E-state index contributed by atoms with van der Waals surface area (Å²) in [6, 6.07) is 14.0. The topological polar surface area (TPSA) is 87.0 Å². The molecule has 0 N–H and O–H groups in total. The number of hydrogen-bond acceptors (Lipinski definition) is 5. The lowest BCUT2D eigenvalue weighted by Gasteiger charge is -2.37. The van der Waals surface area contributed by atoms with Crippen molar-refractivity contribution >= 4 is 44.8 Å². The molecule has 2 amide bonds. The maximum absolute atomic E-state index is 13.0. The van der Waals surface area contributed by atoms with Gasteiger partial charge in [-0.1, -0.05) is 22.0 Å². The Kier molecular flexibility index (Phi) is 5.72. The first kappa shape index (κ1) is 20.3. The standard InChI is InChI=1S/C21H21BrN4O4/c22-15-2-1-3-18(14-15)25-9-8-19(21(25)28)20(27)24-12-10-23(11-13-24)16-4-6-17(7-5-16)26(29)30/h1-7,14,19H,8-13H2. The SMILES string of the molecule is O=C(C1CCN(c2cccc(Br)c2)C1=O)N1CCN(c2ccc([N+](=O)[O-])cc2)CC1. The molecule has 8 nitrogen and oxygen atoms in total. The van der Waals surface area contributed by atoms with Crippen LogP contribution in [0.1, 0.15) is 6.42 Å². The molecule has 0 spiro atoms. The third-order valence-corrected chi connectivity index (χ3v) is 6.13. The number of hydrogen-bond donors (Lipinski definition) is 0. The van der Waals surface area contributed by atoms with Gasteiger partial charge in [-0.15, -0.1) is 0 Å². The summed E-state index contributed by atoms with van der Waals surface area (Å²) in [5, 5.41) is 10.8. The third kappa shape index (κ3) is 4.02. The number of amides is 2. The molecule has 30 heavy (non-hydrogen) atoms. The van der Waals surface area contributed by atoms with Crippen molar-refractivity contribution < 1.29 is 14.5 Å². The first-order valence-corrected chi connectivity index (χ1v) is 10.6. The van der Waals surface area contributed by atoms with Crippen LogP contribution in [0.4, 0.5) is 17.1 Å². The second kappa shape index (κ2) is 8.43. The van der Waals surface area contributed by atoms with Gasteiger partial charge in [-0.05, 0) is 36.8 Å². The maximum atomic E-state index is 13.0. The summed E-state index contributed by atoms with van der Waals surface area (Å²) >= 11 is 3.42. The van der Waals surface area contributed by atoms with Crippen LogP contribution in [0.5, 0.6) is 0 Å². The highest BCUT2D eigenvalue weighted by molar-refractivity contribution is 9.10. The van der Waals surface area contributed by atoms with E-state index in [-0.39, 0.29) is 17.5 Å². The number of halogens is 1.